The van der Waals surface area contributed by atoms with Crippen LogP contribution in [0, 0.1) is 0 Å². The fourth-order valence-corrected chi connectivity index (χ4v) is 0.998. The normalized spacial score (nSPS) is 17.8. The highest BCUT2D eigenvalue weighted by Crippen LogP contribution is 2.10. The summed E-state index contributed by atoms with van der Waals surface area (Å²) in [5.41, 5.74) is 0.672. The van der Waals surface area contributed by atoms with Gasteiger partial charge in [-0.1, -0.05) is 24.4 Å². The Labute approximate surface area is 59.1 Å². The molecule has 0 atom stereocenters. The number of hydrogen-bond acceptors (Lipinski definition) is 2. The minimum Gasteiger partial charge on any atom is -0.233 e. The molecule has 0 aromatic carbocycles. The molecule has 0 aromatic rings. The number of carbonyl (C=O) groups excluding carboxylic acids is 1. The van der Waals surface area contributed by atoms with Gasteiger partial charge in [-0.3, -0.25) is 0 Å². The van der Waals surface area contributed by atoms with Crippen molar-refractivity contribution in [2.24, 2.45) is 0 Å². The Morgan fingerprint density at radius 3 is 2.89 bits per heavy atom. The van der Waals surface area contributed by atoms with Gasteiger partial charge >= 0.3 is 0 Å². The van der Waals surface area contributed by atoms with Gasteiger partial charge in [0, 0.05) is 16.9 Å². The first kappa shape index (κ1) is 6.40. The Hall–Kier alpha value is -0.720. The largest absolute Gasteiger partial charge is 0.233 e. The van der Waals surface area contributed by atoms with E-state index < -0.39 is 0 Å². The molecule has 46 valence electrons. The predicted octanol–water partition coefficient (Wildman–Crippen LogP) is 1.46. The molecule has 0 N–H and O–H groups in total. The molecular weight excluding hydrogens is 132 g/mol. The molecule has 0 saturated carbocycles. The molecule has 2 heteroatoms. The van der Waals surface area contributed by atoms with E-state index in [9.17, 15) is 4.79 Å². The first-order chi connectivity index (χ1) is 4.33. The fraction of sp³-hybridized carbons (Fsp3) is 0.286. The summed E-state index contributed by atoms with van der Waals surface area (Å²) in [7, 11) is 0. The summed E-state index contributed by atoms with van der Waals surface area (Å²) in [4.78, 5) is 11.0. The smallest absolute Gasteiger partial charge is 0.128 e. The van der Waals surface area contributed by atoms with Gasteiger partial charge in [0.15, 0.2) is 0 Å². The van der Waals surface area contributed by atoms with Crippen LogP contribution in [-0.2, 0) is 4.79 Å². The lowest BCUT2D eigenvalue weighted by molar-refractivity contribution is 0.567. The zero-order valence-corrected chi connectivity index (χ0v) is 5.70. The minimum atomic E-state index is 0.634. The molecule has 0 radical (unpaired) electrons. The molecule has 0 aliphatic heterocycles. The van der Waals surface area contributed by atoms with Crippen molar-refractivity contribution in [3.63, 3.8) is 0 Å². The molecule has 0 fully saturated rings. The molecule has 0 amide bonds. The molecule has 0 spiro atoms. The lowest BCUT2D eigenvalue weighted by Gasteiger charge is -2.03. The summed E-state index contributed by atoms with van der Waals surface area (Å²) in [6, 6.07) is 0. The van der Waals surface area contributed by atoms with E-state index in [2.05, 4.69) is 0 Å². The topological polar surface area (TPSA) is 17.1 Å². The van der Waals surface area contributed by atoms with Gasteiger partial charge in [0.25, 0.3) is 0 Å². The van der Waals surface area contributed by atoms with E-state index in [4.69, 9.17) is 12.2 Å². The summed E-state index contributed by atoms with van der Waals surface area (Å²) in [6.07, 6.45) is 5.14. The zero-order valence-electron chi connectivity index (χ0n) is 4.89. The third-order valence-electron chi connectivity index (χ3n) is 1.18. The van der Waals surface area contributed by atoms with Gasteiger partial charge in [-0.2, -0.15) is 0 Å². The third kappa shape index (κ3) is 1.60. The van der Waals surface area contributed by atoms with Crippen molar-refractivity contribution in [3.8, 4) is 0 Å². The molecule has 1 aliphatic rings. The molecule has 1 rings (SSSR count). The molecule has 0 saturated heterocycles. The molecule has 1 aliphatic carbocycles. The summed E-state index contributed by atoms with van der Waals surface area (Å²) < 4.78 is 0. The van der Waals surface area contributed by atoms with E-state index in [1.807, 2.05) is 12.0 Å². The lowest BCUT2D eigenvalue weighted by atomic mass is 10.0. The minimum absolute atomic E-state index is 0.634. The number of rotatable bonds is 0. The van der Waals surface area contributed by atoms with E-state index in [1.165, 1.54) is 0 Å². The van der Waals surface area contributed by atoms with Crippen molar-refractivity contribution in [3.05, 3.63) is 17.7 Å². The highest BCUT2D eigenvalue weighted by atomic mass is 32.1. The highest BCUT2D eigenvalue weighted by molar-refractivity contribution is 7.80. The van der Waals surface area contributed by atoms with Crippen LogP contribution in [0.2, 0.25) is 0 Å². The van der Waals surface area contributed by atoms with Crippen molar-refractivity contribution < 1.29 is 4.79 Å². The van der Waals surface area contributed by atoms with Crippen LogP contribution in [0.25, 0.3) is 0 Å². The van der Waals surface area contributed by atoms with Crippen molar-refractivity contribution in [1.82, 2.24) is 0 Å². The van der Waals surface area contributed by atoms with Crippen molar-refractivity contribution >= 4 is 23.0 Å². The molecular formula is C7H6OS. The van der Waals surface area contributed by atoms with Gasteiger partial charge < -0.3 is 0 Å². The van der Waals surface area contributed by atoms with Crippen molar-refractivity contribution in [2.75, 3.05) is 0 Å². The lowest BCUT2D eigenvalue weighted by Crippen LogP contribution is -1.99. The van der Waals surface area contributed by atoms with Crippen LogP contribution in [0.4, 0.5) is 0 Å². The summed E-state index contributed by atoms with van der Waals surface area (Å²) in [5.74, 6) is 1.83. The maximum atomic E-state index is 10.0. The van der Waals surface area contributed by atoms with Crippen molar-refractivity contribution in [1.29, 1.82) is 0 Å². The number of allylic oxidation sites excluding steroid dienone is 3. The maximum absolute atomic E-state index is 10.0. The van der Waals surface area contributed by atoms with Gasteiger partial charge in [-0.05, 0) is 6.42 Å². The third-order valence-corrected chi connectivity index (χ3v) is 1.49. The van der Waals surface area contributed by atoms with Crippen LogP contribution in [-0.4, -0.2) is 10.8 Å². The van der Waals surface area contributed by atoms with E-state index in [0.29, 0.717) is 12.0 Å². The zero-order chi connectivity index (χ0) is 6.69. The maximum Gasteiger partial charge on any atom is 0.128 e. The molecule has 9 heavy (non-hydrogen) atoms. The predicted molar refractivity (Wildman–Crippen MR) is 40.2 cm³/mol. The summed E-state index contributed by atoms with van der Waals surface area (Å²) in [6.45, 7) is 0. The van der Waals surface area contributed by atoms with Gasteiger partial charge in [0.2, 0.25) is 0 Å². The standard InChI is InChI=1S/C7H6OS/c8-5-6-2-1-3-7(9)4-6/h1-2H,3-4H2. The van der Waals surface area contributed by atoms with Crippen LogP contribution in [0.1, 0.15) is 12.8 Å². The second kappa shape index (κ2) is 2.72. The highest BCUT2D eigenvalue weighted by Gasteiger charge is 2.03. The van der Waals surface area contributed by atoms with Crippen LogP contribution in [0.3, 0.4) is 0 Å². The van der Waals surface area contributed by atoms with E-state index in [1.54, 1.807) is 6.08 Å². The number of hydrogen-bond donors (Lipinski definition) is 0. The van der Waals surface area contributed by atoms with Crippen LogP contribution < -0.4 is 0 Å². The van der Waals surface area contributed by atoms with E-state index in [0.717, 1.165) is 11.3 Å². The second-order valence-electron chi connectivity index (χ2n) is 1.95. The molecule has 0 aromatic heterocycles. The Balaban J connectivity index is 2.83. The first-order valence-electron chi connectivity index (χ1n) is 2.75. The molecule has 0 heterocycles. The summed E-state index contributed by atoms with van der Waals surface area (Å²) in [5, 5.41) is 0. The average molecular weight is 138 g/mol. The monoisotopic (exact) mass is 138 g/mol. The van der Waals surface area contributed by atoms with Gasteiger partial charge in [0.05, 0.1) is 0 Å². The Morgan fingerprint density at radius 1 is 1.67 bits per heavy atom. The first-order valence-corrected chi connectivity index (χ1v) is 3.16. The molecule has 0 bridgehead atoms. The Kier molecular flexibility index (Phi) is 1.93. The van der Waals surface area contributed by atoms with E-state index in [-0.39, 0.29) is 0 Å². The van der Waals surface area contributed by atoms with Gasteiger partial charge in [-0.25, -0.2) is 4.79 Å². The molecule has 0 unspecified atom stereocenters. The quantitative estimate of drug-likeness (QED) is 0.372. The van der Waals surface area contributed by atoms with Crippen LogP contribution in [0.15, 0.2) is 17.7 Å². The fourth-order valence-electron chi connectivity index (χ4n) is 0.746. The van der Waals surface area contributed by atoms with Crippen LogP contribution >= 0.6 is 12.2 Å². The van der Waals surface area contributed by atoms with Crippen molar-refractivity contribution in [2.45, 2.75) is 12.8 Å². The van der Waals surface area contributed by atoms with Gasteiger partial charge in [0.1, 0.15) is 5.94 Å². The SMILES string of the molecule is O=C=C1C=CCC(=S)C1. The average Bonchev–Trinajstić information content (AvgIpc) is 1.88. The van der Waals surface area contributed by atoms with E-state index >= 15 is 0 Å². The Bertz CT molecular complexity index is 209. The molecule has 1 nitrogen and oxygen atoms in total. The Morgan fingerprint density at radius 2 is 2.44 bits per heavy atom. The van der Waals surface area contributed by atoms with Crippen LogP contribution in [0.5, 0.6) is 0 Å². The summed E-state index contributed by atoms with van der Waals surface area (Å²) >= 11 is 4.90. The van der Waals surface area contributed by atoms with Gasteiger partial charge in [-0.15, -0.1) is 0 Å². The second-order valence-corrected chi connectivity index (χ2v) is 2.53. The number of thiocarbonyl (C=S) groups is 1.